The molecule has 0 fully saturated rings. The van der Waals surface area contributed by atoms with Crippen LogP contribution in [0.3, 0.4) is 0 Å². The number of pyridine rings is 1. The highest BCUT2D eigenvalue weighted by Gasteiger charge is 2.13. The fraction of sp³-hybridized carbons (Fsp3) is 0. The summed E-state index contributed by atoms with van der Waals surface area (Å²) in [5, 5.41) is 15.7. The van der Waals surface area contributed by atoms with Gasteiger partial charge in [0.25, 0.3) is 11.2 Å². The van der Waals surface area contributed by atoms with E-state index in [1.165, 1.54) is 34.1 Å². The van der Waals surface area contributed by atoms with Crippen molar-refractivity contribution >= 4 is 34.1 Å². The smallest absolute Gasteiger partial charge is 0.267 e. The predicted octanol–water partition coefficient (Wildman–Crippen LogP) is 3.29. The average molecular weight is 377 g/mol. The summed E-state index contributed by atoms with van der Waals surface area (Å²) in [6, 6.07) is 11.2. The van der Waals surface area contributed by atoms with E-state index in [0.29, 0.717) is 21.2 Å². The molecule has 0 N–H and O–H groups in total. The van der Waals surface area contributed by atoms with Gasteiger partial charge in [0.1, 0.15) is 5.01 Å². The summed E-state index contributed by atoms with van der Waals surface area (Å²) >= 11 is 1.19. The fourth-order valence-corrected chi connectivity index (χ4v) is 3.35. The minimum absolute atomic E-state index is 0.0350. The van der Waals surface area contributed by atoms with E-state index in [1.807, 2.05) is 18.2 Å². The lowest BCUT2D eigenvalue weighted by Gasteiger charge is -1.95. The third kappa shape index (κ3) is 3.48. The van der Waals surface area contributed by atoms with E-state index >= 15 is 0 Å². The molecule has 27 heavy (non-hydrogen) atoms. The van der Waals surface area contributed by atoms with Crippen LogP contribution in [0.15, 0.2) is 59.7 Å². The van der Waals surface area contributed by atoms with E-state index in [1.54, 1.807) is 30.6 Å². The van der Waals surface area contributed by atoms with E-state index < -0.39 is 4.92 Å². The number of nitro groups is 1. The molecule has 0 aliphatic carbocycles. The van der Waals surface area contributed by atoms with Gasteiger partial charge in [-0.25, -0.2) is 4.98 Å². The summed E-state index contributed by atoms with van der Waals surface area (Å²) < 4.78 is 1.19. The van der Waals surface area contributed by atoms with Gasteiger partial charge in [-0.05, 0) is 17.7 Å². The van der Waals surface area contributed by atoms with Crippen molar-refractivity contribution in [3.05, 3.63) is 86.6 Å². The third-order valence-electron chi connectivity index (χ3n) is 3.70. The van der Waals surface area contributed by atoms with Crippen LogP contribution in [0.25, 0.3) is 27.7 Å². The van der Waals surface area contributed by atoms with Crippen molar-refractivity contribution in [2.24, 2.45) is 0 Å². The lowest BCUT2D eigenvalue weighted by Crippen LogP contribution is -2.14. The van der Waals surface area contributed by atoms with Gasteiger partial charge >= 0.3 is 0 Å². The molecule has 4 rings (SSSR count). The molecular weight excluding hydrogens is 366 g/mol. The van der Waals surface area contributed by atoms with Crippen molar-refractivity contribution in [3.8, 4) is 10.6 Å². The van der Waals surface area contributed by atoms with Crippen LogP contribution < -0.4 is 5.56 Å². The minimum Gasteiger partial charge on any atom is -0.267 e. The van der Waals surface area contributed by atoms with Crippen LogP contribution in [-0.2, 0) is 0 Å². The molecule has 0 atom stereocenters. The number of nitro benzene ring substituents is 1. The number of rotatable bonds is 4. The van der Waals surface area contributed by atoms with Crippen LogP contribution in [0.4, 0.5) is 5.69 Å². The first-order chi connectivity index (χ1) is 13.1. The van der Waals surface area contributed by atoms with Crippen molar-refractivity contribution < 1.29 is 4.92 Å². The second-order valence-electron chi connectivity index (χ2n) is 5.55. The van der Waals surface area contributed by atoms with Crippen molar-refractivity contribution in [2.75, 3.05) is 0 Å². The molecule has 1 aromatic carbocycles. The number of fused-ring (bicyclic) bond motifs is 1. The maximum absolute atomic E-state index is 12.3. The maximum Gasteiger partial charge on any atom is 0.275 e. The molecule has 3 heterocycles. The number of hydrogen-bond donors (Lipinski definition) is 0. The molecule has 132 valence electrons. The Morgan fingerprint density at radius 3 is 2.81 bits per heavy atom. The monoisotopic (exact) mass is 377 g/mol. The van der Waals surface area contributed by atoms with E-state index in [0.717, 1.165) is 5.56 Å². The molecule has 0 spiro atoms. The first-order valence-electron chi connectivity index (χ1n) is 7.84. The van der Waals surface area contributed by atoms with Gasteiger partial charge < -0.3 is 0 Å². The molecular formula is C18H11N5O3S. The van der Waals surface area contributed by atoms with E-state index in [-0.39, 0.29) is 11.2 Å². The van der Waals surface area contributed by atoms with E-state index in [4.69, 9.17) is 0 Å². The molecule has 4 aromatic rings. The Kier molecular flexibility index (Phi) is 4.27. The maximum atomic E-state index is 12.3. The van der Waals surface area contributed by atoms with Gasteiger partial charge in [0.15, 0.2) is 0 Å². The average Bonchev–Trinajstić information content (AvgIpc) is 3.12. The van der Waals surface area contributed by atoms with Gasteiger partial charge in [-0.1, -0.05) is 35.6 Å². The summed E-state index contributed by atoms with van der Waals surface area (Å²) in [5.74, 6) is 0. The van der Waals surface area contributed by atoms with Crippen LogP contribution in [0.5, 0.6) is 0 Å². The van der Waals surface area contributed by atoms with Crippen LogP contribution in [0, 0.1) is 10.1 Å². The Hall–Kier alpha value is -3.72. The zero-order chi connectivity index (χ0) is 18.8. The minimum atomic E-state index is -0.470. The lowest BCUT2D eigenvalue weighted by atomic mass is 10.2. The Labute approximate surface area is 156 Å². The Balaban J connectivity index is 1.74. The van der Waals surface area contributed by atoms with E-state index in [9.17, 15) is 14.9 Å². The molecule has 0 amide bonds. The highest BCUT2D eigenvalue weighted by Crippen LogP contribution is 2.27. The molecule has 0 saturated heterocycles. The van der Waals surface area contributed by atoms with Gasteiger partial charge in [-0.15, -0.1) is 0 Å². The zero-order valence-electron chi connectivity index (χ0n) is 13.7. The van der Waals surface area contributed by atoms with Gasteiger partial charge in [0.2, 0.25) is 4.96 Å². The molecule has 8 nitrogen and oxygen atoms in total. The van der Waals surface area contributed by atoms with Crippen molar-refractivity contribution in [3.63, 3.8) is 0 Å². The number of hydrogen-bond acceptors (Lipinski definition) is 7. The van der Waals surface area contributed by atoms with Crippen LogP contribution >= 0.6 is 11.3 Å². The zero-order valence-corrected chi connectivity index (χ0v) is 14.5. The first-order valence-corrected chi connectivity index (χ1v) is 8.66. The summed E-state index contributed by atoms with van der Waals surface area (Å²) in [7, 11) is 0. The Morgan fingerprint density at radius 2 is 2.04 bits per heavy atom. The quantitative estimate of drug-likeness (QED) is 0.399. The Morgan fingerprint density at radius 1 is 1.15 bits per heavy atom. The van der Waals surface area contributed by atoms with Crippen LogP contribution in [-0.4, -0.2) is 24.5 Å². The number of nitrogens with zero attached hydrogens (tertiary/aromatic N) is 5. The SMILES string of the molecule is O=c1cc(C=Cc2cccnc2)nc2sc(-c3cccc([N+](=O)[O-])c3)nn12. The van der Waals surface area contributed by atoms with Crippen molar-refractivity contribution in [1.82, 2.24) is 19.6 Å². The molecule has 3 aromatic heterocycles. The topological polar surface area (TPSA) is 103 Å². The standard InChI is InChI=1S/C18H11N5O3S/c24-16-10-14(7-6-12-3-2-8-19-11-12)20-18-22(16)21-17(27-18)13-4-1-5-15(9-13)23(25)26/h1-11H. The Bertz CT molecular complexity index is 1230. The molecule has 0 aliphatic heterocycles. The predicted molar refractivity (Wildman–Crippen MR) is 102 cm³/mol. The molecule has 0 radical (unpaired) electrons. The lowest BCUT2D eigenvalue weighted by molar-refractivity contribution is -0.384. The summed E-state index contributed by atoms with van der Waals surface area (Å²) in [6.07, 6.45) is 6.93. The third-order valence-corrected chi connectivity index (χ3v) is 4.66. The summed E-state index contributed by atoms with van der Waals surface area (Å²) in [4.78, 5) is 31.7. The molecule has 0 aliphatic rings. The van der Waals surface area contributed by atoms with Gasteiger partial charge in [-0.2, -0.15) is 9.61 Å². The number of benzene rings is 1. The largest absolute Gasteiger partial charge is 0.275 e. The second-order valence-corrected chi connectivity index (χ2v) is 6.50. The number of aromatic nitrogens is 4. The number of non-ortho nitro benzene ring substituents is 1. The molecule has 0 saturated carbocycles. The van der Waals surface area contributed by atoms with Gasteiger partial charge in [0.05, 0.1) is 10.6 Å². The molecule has 0 unspecified atom stereocenters. The van der Waals surface area contributed by atoms with Gasteiger partial charge in [-0.3, -0.25) is 19.9 Å². The first kappa shape index (κ1) is 16.7. The van der Waals surface area contributed by atoms with Gasteiger partial charge in [0, 0.05) is 36.2 Å². The highest BCUT2D eigenvalue weighted by atomic mass is 32.1. The van der Waals surface area contributed by atoms with Crippen LogP contribution in [0.2, 0.25) is 0 Å². The second kappa shape index (κ2) is 6.89. The molecule has 9 heteroatoms. The van der Waals surface area contributed by atoms with Crippen molar-refractivity contribution in [1.29, 1.82) is 0 Å². The van der Waals surface area contributed by atoms with E-state index in [2.05, 4.69) is 15.1 Å². The molecule has 0 bridgehead atoms. The summed E-state index contributed by atoms with van der Waals surface area (Å²) in [5.41, 5.74) is 1.59. The highest BCUT2D eigenvalue weighted by molar-refractivity contribution is 7.19. The normalized spacial score (nSPS) is 11.3. The summed E-state index contributed by atoms with van der Waals surface area (Å²) in [6.45, 7) is 0. The van der Waals surface area contributed by atoms with Crippen molar-refractivity contribution in [2.45, 2.75) is 0 Å². The van der Waals surface area contributed by atoms with Crippen LogP contribution in [0.1, 0.15) is 11.3 Å². The fourth-order valence-electron chi connectivity index (χ4n) is 2.44.